The summed E-state index contributed by atoms with van der Waals surface area (Å²) in [5.41, 5.74) is 0. The average molecular weight is 297 g/mol. The van der Waals surface area contributed by atoms with Crippen LogP contribution in [0.25, 0.3) is 0 Å². The predicted molar refractivity (Wildman–Crippen MR) is 39.1 cm³/mol. The number of alkyl halides is 9. The summed E-state index contributed by atoms with van der Waals surface area (Å²) in [6.07, 6.45) is -17.0. The molecule has 0 heterocycles. The molecule has 17 heavy (non-hydrogen) atoms. The maximum atomic E-state index is 12.7. The molecule has 0 fully saturated rings. The highest BCUT2D eigenvalue weighted by atomic mass is 31.0. The third kappa shape index (κ3) is 3.59. The van der Waals surface area contributed by atoms with Gasteiger partial charge >= 0.3 is 18.3 Å². The van der Waals surface area contributed by atoms with Gasteiger partial charge in [-0.05, 0) is 9.39 Å². The summed E-state index contributed by atoms with van der Waals surface area (Å²) < 4.78 is 108. The van der Waals surface area contributed by atoms with Crippen LogP contribution < -0.4 is 0 Å². The fraction of sp³-hybridized carbons (Fsp3) is 1.00. The van der Waals surface area contributed by atoms with Crippen molar-refractivity contribution in [3.05, 3.63) is 0 Å². The first-order valence-electron chi connectivity index (χ1n) is 3.61. The second kappa shape index (κ2) is 4.77. The number of hydroxylamine groups is 1. The van der Waals surface area contributed by atoms with E-state index in [9.17, 15) is 39.5 Å². The lowest BCUT2D eigenvalue weighted by Crippen LogP contribution is -2.58. The Morgan fingerprint density at radius 3 is 1.47 bits per heavy atom. The van der Waals surface area contributed by atoms with Crippen molar-refractivity contribution < 1.29 is 44.7 Å². The third-order valence-corrected chi connectivity index (χ3v) is 1.94. The van der Waals surface area contributed by atoms with Gasteiger partial charge in [-0.25, -0.2) is 4.39 Å². The standard InChI is InChI=1S/C5H5F9NOP/c6-1(3(7,8)5(12,13)14)2(15(16)17)4(9,10)11/h1-2,16H,17H2. The molecule has 0 saturated heterocycles. The Labute approximate surface area is 90.6 Å². The van der Waals surface area contributed by atoms with Crippen LogP contribution in [0.5, 0.6) is 0 Å². The summed E-state index contributed by atoms with van der Waals surface area (Å²) in [6, 6.07) is -4.02. The monoisotopic (exact) mass is 297 g/mol. The zero-order valence-electron chi connectivity index (χ0n) is 7.53. The highest BCUT2D eigenvalue weighted by molar-refractivity contribution is 7.13. The van der Waals surface area contributed by atoms with Crippen LogP contribution >= 0.6 is 9.39 Å². The van der Waals surface area contributed by atoms with E-state index in [0.29, 0.717) is 0 Å². The molecule has 2 nitrogen and oxygen atoms in total. The largest absolute Gasteiger partial charge is 0.456 e. The summed E-state index contributed by atoms with van der Waals surface area (Å²) in [7, 11) is 0.756. The van der Waals surface area contributed by atoms with E-state index in [2.05, 4.69) is 0 Å². The quantitative estimate of drug-likeness (QED) is 0.492. The maximum Gasteiger partial charge on any atom is 0.456 e. The maximum absolute atomic E-state index is 12.7. The first-order valence-corrected chi connectivity index (χ1v) is 4.12. The van der Waals surface area contributed by atoms with Crippen LogP contribution in [0.15, 0.2) is 0 Å². The van der Waals surface area contributed by atoms with Crippen LogP contribution in [0.2, 0.25) is 0 Å². The lowest BCUT2D eigenvalue weighted by atomic mass is 10.1. The molecule has 0 aliphatic rings. The van der Waals surface area contributed by atoms with Crippen molar-refractivity contribution in [3.63, 3.8) is 0 Å². The van der Waals surface area contributed by atoms with Crippen LogP contribution in [0.4, 0.5) is 39.5 Å². The Morgan fingerprint density at radius 1 is 0.941 bits per heavy atom. The third-order valence-electron chi connectivity index (χ3n) is 1.62. The first-order chi connectivity index (χ1) is 7.23. The van der Waals surface area contributed by atoms with Crippen molar-refractivity contribution in [3.8, 4) is 0 Å². The molecule has 0 amide bonds. The Hall–Kier alpha value is -0.280. The van der Waals surface area contributed by atoms with Gasteiger partial charge in [0.15, 0.2) is 12.2 Å². The molecule has 0 aliphatic heterocycles. The lowest BCUT2D eigenvalue weighted by molar-refractivity contribution is -0.331. The SMILES string of the molecule is ON(P)C(C(F)C(F)(F)C(F)(F)F)C(F)(F)F. The lowest BCUT2D eigenvalue weighted by Gasteiger charge is -2.32. The molecule has 0 rings (SSSR count). The first kappa shape index (κ1) is 16.7. The van der Waals surface area contributed by atoms with Crippen molar-refractivity contribution in [1.29, 1.82) is 0 Å². The van der Waals surface area contributed by atoms with Gasteiger partial charge in [0.2, 0.25) is 0 Å². The van der Waals surface area contributed by atoms with E-state index >= 15 is 0 Å². The van der Waals surface area contributed by atoms with Crippen LogP contribution in [0, 0.1) is 0 Å². The number of hydrogen-bond donors (Lipinski definition) is 1. The van der Waals surface area contributed by atoms with Crippen molar-refractivity contribution >= 4 is 9.39 Å². The van der Waals surface area contributed by atoms with E-state index in [4.69, 9.17) is 5.21 Å². The number of rotatable bonds is 3. The zero-order valence-corrected chi connectivity index (χ0v) is 8.68. The minimum Gasteiger partial charge on any atom is -0.310 e. The van der Waals surface area contributed by atoms with Gasteiger partial charge in [0.05, 0.1) is 0 Å². The van der Waals surface area contributed by atoms with Gasteiger partial charge in [-0.15, -0.1) is 0 Å². The molecular formula is C5H5F9NOP. The van der Waals surface area contributed by atoms with Gasteiger partial charge in [-0.1, -0.05) is 0 Å². The molecule has 3 unspecified atom stereocenters. The van der Waals surface area contributed by atoms with Gasteiger partial charge in [0.1, 0.15) is 0 Å². The molecule has 0 spiro atoms. The Morgan fingerprint density at radius 2 is 1.29 bits per heavy atom. The zero-order chi connectivity index (χ0) is 14.2. The van der Waals surface area contributed by atoms with E-state index in [-0.39, 0.29) is 0 Å². The molecule has 0 saturated carbocycles. The van der Waals surface area contributed by atoms with Gasteiger partial charge < -0.3 is 5.21 Å². The highest BCUT2D eigenvalue weighted by Crippen LogP contribution is 2.44. The molecule has 0 aromatic carbocycles. The number of halogens is 9. The smallest absolute Gasteiger partial charge is 0.310 e. The minimum atomic E-state index is -6.50. The Balaban J connectivity index is 5.32. The van der Waals surface area contributed by atoms with Gasteiger partial charge in [0, 0.05) is 0 Å². The molecule has 12 heteroatoms. The van der Waals surface area contributed by atoms with E-state index in [1.54, 1.807) is 0 Å². The van der Waals surface area contributed by atoms with Crippen LogP contribution in [0.1, 0.15) is 0 Å². The van der Waals surface area contributed by atoms with Crippen molar-refractivity contribution in [2.45, 2.75) is 30.5 Å². The van der Waals surface area contributed by atoms with E-state index in [1.807, 2.05) is 0 Å². The summed E-state index contributed by atoms with van der Waals surface area (Å²) in [4.78, 5) is -1.16. The second-order valence-corrected chi connectivity index (χ2v) is 3.42. The number of nitrogens with zero attached hydrogens (tertiary/aromatic N) is 1. The molecule has 0 bridgehead atoms. The normalized spacial score (nSPS) is 18.4. The molecule has 0 aromatic rings. The molecule has 104 valence electrons. The second-order valence-electron chi connectivity index (χ2n) is 2.89. The highest BCUT2D eigenvalue weighted by Gasteiger charge is 2.69. The van der Waals surface area contributed by atoms with Crippen LogP contribution in [0.3, 0.4) is 0 Å². The van der Waals surface area contributed by atoms with Crippen LogP contribution in [-0.4, -0.2) is 40.5 Å². The molecular weight excluding hydrogens is 292 g/mol. The molecule has 0 aromatic heterocycles. The number of hydrogen-bond acceptors (Lipinski definition) is 2. The van der Waals surface area contributed by atoms with E-state index in [0.717, 1.165) is 9.39 Å². The van der Waals surface area contributed by atoms with Gasteiger partial charge in [-0.3, -0.25) is 0 Å². The van der Waals surface area contributed by atoms with Crippen molar-refractivity contribution in [1.82, 2.24) is 4.83 Å². The van der Waals surface area contributed by atoms with E-state index in [1.165, 1.54) is 0 Å². The molecule has 1 N–H and O–H groups in total. The Kier molecular flexibility index (Phi) is 4.69. The molecule has 3 atom stereocenters. The average Bonchev–Trinajstić information content (AvgIpc) is 1.97. The van der Waals surface area contributed by atoms with E-state index < -0.39 is 35.3 Å². The molecule has 0 radical (unpaired) electrons. The van der Waals surface area contributed by atoms with Gasteiger partial charge in [0.25, 0.3) is 0 Å². The predicted octanol–water partition coefficient (Wildman–Crippen LogP) is 2.93. The minimum absolute atomic E-state index is 0.756. The topological polar surface area (TPSA) is 23.5 Å². The van der Waals surface area contributed by atoms with Crippen molar-refractivity contribution in [2.75, 3.05) is 0 Å². The van der Waals surface area contributed by atoms with Crippen LogP contribution in [-0.2, 0) is 0 Å². The fourth-order valence-electron chi connectivity index (χ4n) is 0.805. The van der Waals surface area contributed by atoms with Gasteiger partial charge in [-0.2, -0.15) is 40.0 Å². The summed E-state index contributed by atoms with van der Waals surface area (Å²) in [5.74, 6) is -6.25. The van der Waals surface area contributed by atoms with Crippen molar-refractivity contribution in [2.24, 2.45) is 0 Å². The summed E-state index contributed by atoms with van der Waals surface area (Å²) >= 11 is 0. The Bertz CT molecular complexity index is 261. The fourth-order valence-corrected chi connectivity index (χ4v) is 1.12. The molecule has 0 aliphatic carbocycles. The summed E-state index contributed by atoms with van der Waals surface area (Å²) in [5, 5.41) is 8.28. The summed E-state index contributed by atoms with van der Waals surface area (Å²) in [6.45, 7) is 0.